The number of aliphatic hydroxyl groups is 2. The van der Waals surface area contributed by atoms with Gasteiger partial charge < -0.3 is 52.8 Å². The fourth-order valence-electron chi connectivity index (χ4n) is 7.42. The number of allylic oxidation sites excluding steroid dienone is 2. The summed E-state index contributed by atoms with van der Waals surface area (Å²) in [5.74, 6) is 0.855. The highest BCUT2D eigenvalue weighted by molar-refractivity contribution is 5.84. The van der Waals surface area contributed by atoms with E-state index in [2.05, 4.69) is 28.6 Å². The van der Waals surface area contributed by atoms with Crippen molar-refractivity contribution < 1.29 is 96.0 Å². The van der Waals surface area contributed by atoms with Crippen LogP contribution in [0, 0.1) is 36.0 Å². The molecule has 5 unspecified atom stereocenters. The van der Waals surface area contributed by atoms with Crippen LogP contribution in [0.15, 0.2) is 25.3 Å². The fourth-order valence-corrected chi connectivity index (χ4v) is 7.42. The molecular formula is C57H90O20. The Morgan fingerprint density at radius 1 is 0.636 bits per heavy atom. The van der Waals surface area contributed by atoms with Gasteiger partial charge in [-0.1, -0.05) is 12.2 Å². The number of carbonyl (C=O) groups is 9. The SMILES string of the molecule is C#CCC1CCCOC1=O.C=CCC(CCCO)C(=O)OCCCCC(=O)OCC.C=CCC1CCCOC1=O.CCOC(=O)CCCCOC(=O)C(CCCO)CC1CO1.O=C1CCCCO1.O=C1CCOC(=O)CC1. The van der Waals surface area contributed by atoms with Gasteiger partial charge in [-0.2, -0.15) is 0 Å². The Kier molecular flexibility index (Phi) is 45.1. The molecule has 77 heavy (non-hydrogen) atoms. The van der Waals surface area contributed by atoms with Gasteiger partial charge in [-0.05, 0) is 123 Å². The number of terminal acetylenes is 1. The number of carbonyl (C=O) groups excluding carboxylic acids is 9. The highest BCUT2D eigenvalue weighted by atomic mass is 16.6. The molecule has 0 aromatic carbocycles. The second-order valence-corrected chi connectivity index (χ2v) is 18.3. The smallest absolute Gasteiger partial charge is 0.309 e. The number of unbranched alkanes of at least 4 members (excludes halogenated alkanes) is 2. The number of hydrogen-bond donors (Lipinski definition) is 2. The number of epoxide rings is 1. The van der Waals surface area contributed by atoms with E-state index >= 15 is 0 Å². The van der Waals surface area contributed by atoms with Crippen LogP contribution in [-0.4, -0.2) is 143 Å². The number of cyclic esters (lactones) is 4. The summed E-state index contributed by atoms with van der Waals surface area (Å²) in [5.41, 5.74) is 0. The average Bonchev–Trinajstić information content (AvgIpc) is 4.27. The van der Waals surface area contributed by atoms with Crippen LogP contribution in [0.5, 0.6) is 0 Å². The first-order valence-electron chi connectivity index (χ1n) is 27.5. The van der Waals surface area contributed by atoms with Crippen LogP contribution in [0.25, 0.3) is 0 Å². The topological polar surface area (TPSA) is 280 Å². The van der Waals surface area contributed by atoms with Gasteiger partial charge in [0.1, 0.15) is 5.78 Å². The second kappa shape index (κ2) is 48.7. The number of ether oxygens (including phenoxy) is 9. The van der Waals surface area contributed by atoms with Crippen LogP contribution in [-0.2, 0) is 85.8 Å². The van der Waals surface area contributed by atoms with Crippen molar-refractivity contribution in [3.05, 3.63) is 25.3 Å². The lowest BCUT2D eigenvalue weighted by Crippen LogP contribution is -2.23. The molecule has 0 amide bonds. The Labute approximate surface area is 456 Å². The van der Waals surface area contributed by atoms with Crippen molar-refractivity contribution >= 4 is 53.5 Å². The van der Waals surface area contributed by atoms with Crippen LogP contribution in [0.2, 0.25) is 0 Å². The van der Waals surface area contributed by atoms with Gasteiger partial charge in [0, 0.05) is 51.7 Å². The van der Waals surface area contributed by atoms with E-state index in [0.717, 1.165) is 44.9 Å². The van der Waals surface area contributed by atoms with Crippen LogP contribution in [0.3, 0.4) is 0 Å². The van der Waals surface area contributed by atoms with Crippen molar-refractivity contribution in [3.63, 3.8) is 0 Å². The molecule has 5 heterocycles. The average molecular weight is 1100 g/mol. The molecule has 0 aliphatic carbocycles. The minimum absolute atomic E-state index is 0.0289. The van der Waals surface area contributed by atoms with Crippen molar-refractivity contribution in [2.45, 2.75) is 174 Å². The van der Waals surface area contributed by atoms with Gasteiger partial charge in [0.05, 0.1) is 95.7 Å². The highest BCUT2D eigenvalue weighted by Crippen LogP contribution is 2.24. The van der Waals surface area contributed by atoms with E-state index in [0.29, 0.717) is 156 Å². The maximum absolute atomic E-state index is 12.0. The van der Waals surface area contributed by atoms with E-state index in [1.54, 1.807) is 26.0 Å². The third-order valence-electron chi connectivity index (χ3n) is 11.8. The molecular weight excluding hydrogens is 1000 g/mol. The first-order valence-corrected chi connectivity index (χ1v) is 27.5. The Morgan fingerprint density at radius 2 is 1.16 bits per heavy atom. The molecule has 5 aliphatic rings. The van der Waals surface area contributed by atoms with Crippen LogP contribution >= 0.6 is 0 Å². The first-order chi connectivity index (χ1) is 37.2. The van der Waals surface area contributed by atoms with Crippen LogP contribution in [0.1, 0.15) is 168 Å². The first kappa shape index (κ1) is 71.3. The van der Waals surface area contributed by atoms with E-state index in [-0.39, 0.29) is 110 Å². The summed E-state index contributed by atoms with van der Waals surface area (Å²) in [6.07, 6.45) is 24.4. The molecule has 5 atom stereocenters. The molecule has 0 spiro atoms. The molecule has 0 saturated carbocycles. The van der Waals surface area contributed by atoms with Gasteiger partial charge in [0.15, 0.2) is 0 Å². The van der Waals surface area contributed by atoms with Crippen molar-refractivity contribution in [3.8, 4) is 12.3 Å². The van der Waals surface area contributed by atoms with Crippen LogP contribution < -0.4 is 0 Å². The summed E-state index contributed by atoms with van der Waals surface area (Å²) in [7, 11) is 0. The zero-order chi connectivity index (χ0) is 57.3. The molecule has 5 fully saturated rings. The number of rotatable bonds is 27. The number of ketones is 1. The zero-order valence-corrected chi connectivity index (χ0v) is 46.0. The van der Waals surface area contributed by atoms with Crippen molar-refractivity contribution in [2.75, 3.05) is 72.7 Å². The lowest BCUT2D eigenvalue weighted by molar-refractivity contribution is -0.153. The standard InChI is InChI=1S/C15H26O6.C15H26O5.C8H12O2.C8H10O2.C6H8O3.C5H8O2/c1-2-19-14(17)7-3-4-9-20-15(18)12(6-5-8-16)10-13-11-21-13;1-3-8-13(9-7-11-16)15(18)20-12-6-5-10-14(17)19-4-2;2*1-2-4-7-5-3-6-10-8(7)9;7-5-1-2-6(8)9-4-3-5;6-5-3-1-2-4-7-5/h12-13,16H,2-11H2,1H3;3,13,16H,1,4-12H2,2H3;2,7H,1,3-6H2;1,7H,3-6H2;1-4H2;1-4H2. The highest BCUT2D eigenvalue weighted by Gasteiger charge is 2.31. The van der Waals surface area contributed by atoms with Crippen molar-refractivity contribution in [1.82, 2.24) is 0 Å². The molecule has 2 N–H and O–H groups in total. The van der Waals surface area contributed by atoms with Gasteiger partial charge in [0.25, 0.3) is 0 Å². The van der Waals surface area contributed by atoms with Crippen molar-refractivity contribution in [2.24, 2.45) is 23.7 Å². The van der Waals surface area contributed by atoms with Gasteiger partial charge in [-0.25, -0.2) is 0 Å². The normalized spacial score (nSPS) is 18.9. The molecule has 5 saturated heterocycles. The predicted octanol–water partition coefficient (Wildman–Crippen LogP) is 7.14. The Morgan fingerprint density at radius 3 is 1.61 bits per heavy atom. The third-order valence-corrected chi connectivity index (χ3v) is 11.8. The minimum atomic E-state index is -0.255. The zero-order valence-electron chi connectivity index (χ0n) is 46.0. The summed E-state index contributed by atoms with van der Waals surface area (Å²) in [6, 6.07) is 0. The molecule has 5 aliphatic heterocycles. The molecule has 0 aromatic heterocycles. The minimum Gasteiger partial charge on any atom is -0.466 e. The van der Waals surface area contributed by atoms with Gasteiger partial charge in [-0.15, -0.1) is 25.5 Å². The van der Waals surface area contributed by atoms with Gasteiger partial charge >= 0.3 is 47.8 Å². The molecule has 438 valence electrons. The Balaban J connectivity index is 0.000000942. The molecule has 20 heteroatoms. The summed E-state index contributed by atoms with van der Waals surface area (Å²) in [6.45, 7) is 15.1. The second-order valence-electron chi connectivity index (χ2n) is 18.3. The maximum Gasteiger partial charge on any atom is 0.309 e. The van der Waals surface area contributed by atoms with E-state index < -0.39 is 0 Å². The molecule has 20 nitrogen and oxygen atoms in total. The molecule has 5 rings (SSSR count). The van der Waals surface area contributed by atoms with E-state index in [4.69, 9.17) is 49.8 Å². The van der Waals surface area contributed by atoms with E-state index in [1.807, 2.05) is 0 Å². The predicted molar refractivity (Wildman–Crippen MR) is 282 cm³/mol. The van der Waals surface area contributed by atoms with Gasteiger partial charge in [-0.3, -0.25) is 43.2 Å². The Hall–Kier alpha value is -5.65. The third kappa shape index (κ3) is 41.2. The maximum atomic E-state index is 12.0. The lowest BCUT2D eigenvalue weighted by Gasteiger charge is -2.18. The van der Waals surface area contributed by atoms with Crippen molar-refractivity contribution in [1.29, 1.82) is 0 Å². The number of esters is 8. The Bertz CT molecular complexity index is 1730. The van der Waals surface area contributed by atoms with Crippen LogP contribution in [0.4, 0.5) is 0 Å². The summed E-state index contributed by atoms with van der Waals surface area (Å²) in [5, 5.41) is 17.6. The number of Topliss-reactive ketones (excluding diaryl/α,β-unsaturated/α-hetero) is 1. The van der Waals surface area contributed by atoms with E-state index in [9.17, 15) is 43.2 Å². The largest absolute Gasteiger partial charge is 0.466 e. The molecule has 0 radical (unpaired) electrons. The lowest BCUT2D eigenvalue weighted by atomic mass is 9.98. The molecule has 0 aromatic rings. The summed E-state index contributed by atoms with van der Waals surface area (Å²) >= 11 is 0. The summed E-state index contributed by atoms with van der Waals surface area (Å²) in [4.78, 5) is 99.0. The monoisotopic (exact) mass is 1090 g/mol. The number of aliphatic hydroxyl groups excluding tert-OH is 2. The number of hydrogen-bond acceptors (Lipinski definition) is 20. The quantitative estimate of drug-likeness (QED) is 0.0206. The molecule has 0 bridgehead atoms. The van der Waals surface area contributed by atoms with Gasteiger partial charge in [0.2, 0.25) is 0 Å². The summed E-state index contributed by atoms with van der Waals surface area (Å²) < 4.78 is 44.1. The van der Waals surface area contributed by atoms with E-state index in [1.165, 1.54) is 0 Å². The fraction of sp³-hybridized carbons (Fsp3) is 0.737.